The molecule has 35 heavy (non-hydrogen) atoms. The topological polar surface area (TPSA) is 73.7 Å². The molecular formula is C24H27ClF3N3O4. The van der Waals surface area contributed by atoms with E-state index in [4.69, 9.17) is 21.1 Å². The van der Waals surface area contributed by atoms with E-state index in [1.807, 2.05) is 0 Å². The summed E-state index contributed by atoms with van der Waals surface area (Å²) in [6, 6.07) is 5.18. The Bertz CT molecular complexity index is 1100. The predicted molar refractivity (Wildman–Crippen MR) is 121 cm³/mol. The molecule has 1 amide bonds. The summed E-state index contributed by atoms with van der Waals surface area (Å²) in [5.74, 6) is -0.228. The highest BCUT2D eigenvalue weighted by atomic mass is 35.5. The molecule has 190 valence electrons. The number of nitrogens with zero attached hydrogens (tertiary/aromatic N) is 3. The van der Waals surface area contributed by atoms with Gasteiger partial charge in [0.2, 0.25) is 0 Å². The van der Waals surface area contributed by atoms with Crippen LogP contribution in [0.5, 0.6) is 0 Å². The molecule has 2 atom stereocenters. The molecule has 1 saturated carbocycles. The quantitative estimate of drug-likeness (QED) is 0.511. The molecule has 0 N–H and O–H groups in total. The van der Waals surface area contributed by atoms with E-state index >= 15 is 0 Å². The molecule has 2 heterocycles. The van der Waals surface area contributed by atoms with Crippen molar-refractivity contribution in [3.8, 4) is 0 Å². The Labute approximate surface area is 206 Å². The van der Waals surface area contributed by atoms with Crippen LogP contribution in [0.25, 0.3) is 0 Å². The Balaban J connectivity index is 1.31. The van der Waals surface area contributed by atoms with E-state index in [1.54, 1.807) is 25.7 Å². The average molecular weight is 514 g/mol. The smallest absolute Gasteiger partial charge is 0.418 e. The Morgan fingerprint density at radius 1 is 1.11 bits per heavy atom. The Hall–Kier alpha value is -2.59. The first-order valence-electron chi connectivity index (χ1n) is 11.4. The minimum absolute atomic E-state index is 0.0123. The maximum Gasteiger partial charge on any atom is 0.418 e. The third kappa shape index (κ3) is 5.81. The van der Waals surface area contributed by atoms with E-state index in [0.29, 0.717) is 25.9 Å². The van der Waals surface area contributed by atoms with Crippen LogP contribution in [-0.4, -0.2) is 51.5 Å². The third-order valence-electron chi connectivity index (χ3n) is 6.23. The summed E-state index contributed by atoms with van der Waals surface area (Å²) < 4.78 is 52.3. The Kier molecular flexibility index (Phi) is 6.89. The van der Waals surface area contributed by atoms with Crippen molar-refractivity contribution in [3.05, 3.63) is 52.3 Å². The van der Waals surface area contributed by atoms with Crippen LogP contribution in [0.1, 0.15) is 55.2 Å². The van der Waals surface area contributed by atoms with Crippen LogP contribution in [0.15, 0.2) is 30.5 Å². The first kappa shape index (κ1) is 25.5. The summed E-state index contributed by atoms with van der Waals surface area (Å²) in [5, 5.41) is 3.73. The number of hydrogen-bond donors (Lipinski definition) is 0. The second-order valence-corrected chi connectivity index (χ2v) is 10.4. The van der Waals surface area contributed by atoms with Gasteiger partial charge in [-0.2, -0.15) is 23.0 Å². The molecule has 1 aromatic carbocycles. The molecule has 1 aliphatic carbocycles. The standard InChI is InChI=1S/C24H27ClF3N3O4/c1-23(2,3)35-21(32)19-7-8-31(29-19)22(33)30-11-15-9-17(10-16(15)12-30)34-13-14-5-4-6-18(25)20(14)24(26,27)28/h4-8,15-17H,9-13H2,1-3H3. The van der Waals surface area contributed by atoms with E-state index in [2.05, 4.69) is 5.10 Å². The summed E-state index contributed by atoms with van der Waals surface area (Å²) in [6.45, 7) is 6.06. The highest BCUT2D eigenvalue weighted by molar-refractivity contribution is 6.31. The van der Waals surface area contributed by atoms with Gasteiger partial charge in [0.15, 0.2) is 5.69 Å². The minimum atomic E-state index is -4.56. The van der Waals surface area contributed by atoms with Crippen LogP contribution >= 0.6 is 11.6 Å². The van der Waals surface area contributed by atoms with Crippen LogP contribution in [0, 0.1) is 11.8 Å². The second kappa shape index (κ2) is 9.46. The first-order chi connectivity index (χ1) is 16.3. The van der Waals surface area contributed by atoms with Gasteiger partial charge in [-0.05, 0) is 63.1 Å². The molecule has 2 aliphatic rings. The van der Waals surface area contributed by atoms with Gasteiger partial charge in [-0.1, -0.05) is 23.7 Å². The van der Waals surface area contributed by atoms with Crippen molar-refractivity contribution in [2.24, 2.45) is 11.8 Å². The minimum Gasteiger partial charge on any atom is -0.455 e. The lowest BCUT2D eigenvalue weighted by molar-refractivity contribution is -0.139. The number of fused-ring (bicyclic) bond motifs is 1. The van der Waals surface area contributed by atoms with Gasteiger partial charge in [0.1, 0.15) is 5.60 Å². The fraction of sp³-hybridized carbons (Fsp3) is 0.542. The number of likely N-dealkylation sites (tertiary alicyclic amines) is 1. The van der Waals surface area contributed by atoms with E-state index in [1.165, 1.54) is 30.5 Å². The molecule has 4 rings (SSSR count). The largest absolute Gasteiger partial charge is 0.455 e. The van der Waals surface area contributed by atoms with Gasteiger partial charge in [-0.3, -0.25) is 0 Å². The number of carbonyl (C=O) groups is 2. The summed E-state index contributed by atoms with van der Waals surface area (Å²) >= 11 is 5.78. The van der Waals surface area contributed by atoms with Crippen LogP contribution in [0.2, 0.25) is 5.02 Å². The average Bonchev–Trinajstić information content (AvgIpc) is 3.44. The molecule has 1 aromatic heterocycles. The summed E-state index contributed by atoms with van der Waals surface area (Å²) in [4.78, 5) is 26.7. The van der Waals surface area contributed by atoms with E-state index in [0.717, 1.165) is 4.68 Å². The zero-order valence-electron chi connectivity index (χ0n) is 19.6. The van der Waals surface area contributed by atoms with Crippen LogP contribution < -0.4 is 0 Å². The molecule has 11 heteroatoms. The SMILES string of the molecule is CC(C)(C)OC(=O)c1ccn(C(=O)N2CC3CC(OCc4cccc(Cl)c4C(F)(F)F)CC3C2)n1. The maximum absolute atomic E-state index is 13.4. The first-order valence-corrected chi connectivity index (χ1v) is 11.7. The van der Waals surface area contributed by atoms with Gasteiger partial charge < -0.3 is 14.4 Å². The number of amides is 1. The van der Waals surface area contributed by atoms with E-state index in [9.17, 15) is 22.8 Å². The van der Waals surface area contributed by atoms with Gasteiger partial charge in [0.05, 0.1) is 23.3 Å². The number of alkyl halides is 3. The summed E-state index contributed by atoms with van der Waals surface area (Å²) in [6.07, 6.45) is -2.01. The number of esters is 1. The molecule has 1 aliphatic heterocycles. The van der Waals surface area contributed by atoms with Gasteiger partial charge in [-0.15, -0.1) is 0 Å². The molecule has 2 fully saturated rings. The van der Waals surface area contributed by atoms with Crippen molar-refractivity contribution < 1.29 is 32.2 Å². The predicted octanol–water partition coefficient (Wildman–Crippen LogP) is 5.41. The highest BCUT2D eigenvalue weighted by Gasteiger charge is 2.43. The number of hydrogen-bond acceptors (Lipinski definition) is 5. The number of aromatic nitrogens is 2. The van der Waals surface area contributed by atoms with Gasteiger partial charge in [0, 0.05) is 19.3 Å². The molecule has 2 aromatic rings. The zero-order valence-corrected chi connectivity index (χ0v) is 20.4. The fourth-order valence-electron chi connectivity index (χ4n) is 4.77. The lowest BCUT2D eigenvalue weighted by Gasteiger charge is -2.20. The lowest BCUT2D eigenvalue weighted by atomic mass is 10.0. The Morgan fingerprint density at radius 2 is 1.77 bits per heavy atom. The number of rotatable bonds is 4. The van der Waals surface area contributed by atoms with Crippen molar-refractivity contribution in [1.29, 1.82) is 0 Å². The van der Waals surface area contributed by atoms with E-state index in [-0.39, 0.29) is 46.9 Å². The van der Waals surface area contributed by atoms with Gasteiger partial charge >= 0.3 is 18.2 Å². The van der Waals surface area contributed by atoms with Crippen molar-refractivity contribution in [2.75, 3.05) is 13.1 Å². The monoisotopic (exact) mass is 513 g/mol. The van der Waals surface area contributed by atoms with Crippen LogP contribution in [0.4, 0.5) is 18.0 Å². The lowest BCUT2D eigenvalue weighted by Crippen LogP contribution is -2.34. The molecule has 7 nitrogen and oxygen atoms in total. The van der Waals surface area contributed by atoms with Gasteiger partial charge in [-0.25, -0.2) is 9.59 Å². The maximum atomic E-state index is 13.4. The molecule has 0 radical (unpaired) electrons. The van der Waals surface area contributed by atoms with E-state index < -0.39 is 23.3 Å². The van der Waals surface area contributed by atoms with Crippen LogP contribution in [0.3, 0.4) is 0 Å². The molecule has 1 saturated heterocycles. The number of carbonyl (C=O) groups excluding carboxylic acids is 2. The summed E-state index contributed by atoms with van der Waals surface area (Å²) in [5.41, 5.74) is -1.46. The molecule has 0 bridgehead atoms. The van der Waals surface area contributed by atoms with Crippen molar-refractivity contribution in [2.45, 2.75) is 58.1 Å². The summed E-state index contributed by atoms with van der Waals surface area (Å²) in [7, 11) is 0. The number of ether oxygens (including phenoxy) is 2. The third-order valence-corrected chi connectivity index (χ3v) is 6.54. The van der Waals surface area contributed by atoms with Crippen molar-refractivity contribution in [1.82, 2.24) is 14.7 Å². The Morgan fingerprint density at radius 3 is 2.37 bits per heavy atom. The molecular weight excluding hydrogens is 487 g/mol. The normalized spacial score (nSPS) is 22.4. The number of halogens is 4. The van der Waals surface area contributed by atoms with Crippen molar-refractivity contribution in [3.63, 3.8) is 0 Å². The van der Waals surface area contributed by atoms with Gasteiger partial charge in [0.25, 0.3) is 0 Å². The molecule has 0 spiro atoms. The fourth-order valence-corrected chi connectivity index (χ4v) is 5.07. The van der Waals surface area contributed by atoms with Crippen molar-refractivity contribution >= 4 is 23.6 Å². The number of benzene rings is 1. The molecule has 2 unspecified atom stereocenters. The second-order valence-electron chi connectivity index (χ2n) is 10.0. The highest BCUT2D eigenvalue weighted by Crippen LogP contribution is 2.41. The van der Waals surface area contributed by atoms with Crippen LogP contribution in [-0.2, 0) is 22.3 Å². The zero-order chi connectivity index (χ0) is 25.5.